The first kappa shape index (κ1) is 92.1. The Labute approximate surface area is 575 Å². The fraction of sp³-hybridized carbons (Fsp3) is 0.947. The third-order valence-electron chi connectivity index (χ3n) is 17.7. The van der Waals surface area contributed by atoms with E-state index < -0.39 is 97.5 Å². The van der Waals surface area contributed by atoms with Crippen molar-refractivity contribution in [2.45, 2.75) is 395 Å². The van der Waals surface area contributed by atoms with Gasteiger partial charge < -0.3 is 33.8 Å². The number of aliphatic hydroxyl groups excluding tert-OH is 1. The van der Waals surface area contributed by atoms with E-state index in [0.29, 0.717) is 25.7 Å². The maximum atomic E-state index is 13.1. The Balaban J connectivity index is 5.24. The fourth-order valence-electron chi connectivity index (χ4n) is 11.3. The minimum atomic E-state index is -4.96. The number of aliphatic hydroxyl groups is 1. The Morgan fingerprint density at radius 2 is 0.511 bits per heavy atom. The van der Waals surface area contributed by atoms with Gasteiger partial charge in [0.1, 0.15) is 19.3 Å². The number of unbranched alkanes of at least 4 members (excludes halogenated alkanes) is 37. The van der Waals surface area contributed by atoms with Crippen molar-refractivity contribution in [3.05, 3.63) is 0 Å². The Kier molecular flexibility index (Phi) is 63.1. The highest BCUT2D eigenvalue weighted by Gasteiger charge is 2.30. The molecule has 0 saturated carbocycles. The van der Waals surface area contributed by atoms with Gasteiger partial charge in [-0.15, -0.1) is 0 Å². The molecule has 0 aliphatic carbocycles. The highest BCUT2D eigenvalue weighted by molar-refractivity contribution is 7.47. The first-order chi connectivity index (χ1) is 45.1. The van der Waals surface area contributed by atoms with Gasteiger partial charge >= 0.3 is 39.5 Å². The lowest BCUT2D eigenvalue weighted by Crippen LogP contribution is -2.30. The molecule has 6 atom stereocenters. The summed E-state index contributed by atoms with van der Waals surface area (Å²) in [5.74, 6) is 0.926. The minimum absolute atomic E-state index is 0.104. The van der Waals surface area contributed by atoms with Crippen molar-refractivity contribution in [2.24, 2.45) is 23.7 Å². The summed E-state index contributed by atoms with van der Waals surface area (Å²) in [5, 5.41) is 10.6. The molecule has 0 radical (unpaired) electrons. The monoisotopic (exact) mass is 1380 g/mol. The van der Waals surface area contributed by atoms with Crippen LogP contribution in [0, 0.1) is 23.7 Å². The fourth-order valence-corrected chi connectivity index (χ4v) is 12.9. The zero-order valence-electron chi connectivity index (χ0n) is 61.6. The van der Waals surface area contributed by atoms with Gasteiger partial charge in [0.25, 0.3) is 0 Å². The molecule has 0 aromatic rings. The van der Waals surface area contributed by atoms with Gasteiger partial charge in [0.05, 0.1) is 26.4 Å². The normalized spacial score (nSPS) is 14.4. The first-order valence-corrected chi connectivity index (χ1v) is 41.7. The summed E-state index contributed by atoms with van der Waals surface area (Å²) in [7, 11) is -9.91. The lowest BCUT2D eigenvalue weighted by molar-refractivity contribution is -0.161. The van der Waals surface area contributed by atoms with Crippen molar-refractivity contribution >= 4 is 39.5 Å². The molecular formula is C75H146O17P2. The van der Waals surface area contributed by atoms with Gasteiger partial charge in [0.15, 0.2) is 12.2 Å². The van der Waals surface area contributed by atoms with E-state index in [0.717, 1.165) is 114 Å². The van der Waals surface area contributed by atoms with Gasteiger partial charge in [-0.1, -0.05) is 325 Å². The summed E-state index contributed by atoms with van der Waals surface area (Å²) >= 11 is 0. The van der Waals surface area contributed by atoms with Crippen LogP contribution < -0.4 is 0 Å². The van der Waals surface area contributed by atoms with E-state index in [9.17, 15) is 43.2 Å². The number of ether oxygens (including phenoxy) is 4. The molecule has 0 aliphatic rings. The van der Waals surface area contributed by atoms with Gasteiger partial charge in [0, 0.05) is 25.7 Å². The number of carbonyl (C=O) groups is 4. The average Bonchev–Trinajstić information content (AvgIpc) is 1.42. The summed E-state index contributed by atoms with van der Waals surface area (Å²) in [5.41, 5.74) is 0. The molecule has 0 bridgehead atoms. The van der Waals surface area contributed by atoms with Gasteiger partial charge in [-0.2, -0.15) is 0 Å². The number of hydrogen-bond donors (Lipinski definition) is 3. The maximum Gasteiger partial charge on any atom is 0.472 e. The largest absolute Gasteiger partial charge is 0.472 e. The van der Waals surface area contributed by atoms with Crippen LogP contribution in [0.3, 0.4) is 0 Å². The molecule has 558 valence electrons. The van der Waals surface area contributed by atoms with Crippen molar-refractivity contribution in [1.29, 1.82) is 0 Å². The summed E-state index contributed by atoms with van der Waals surface area (Å²) in [6.45, 7) is 14.2. The molecule has 0 spiro atoms. The average molecular weight is 1380 g/mol. The molecule has 19 heteroatoms. The lowest BCUT2D eigenvalue weighted by Gasteiger charge is -2.21. The SMILES string of the molecule is CCC(C)CCCCCCCCCCC(=O)OC[C@H](COP(=O)(O)OCC(O)COP(=O)(O)OC[C@@H](COC(=O)CCCCCCCCCCC(C)C)OC(=O)CCCCCCCCCCCC(C)C)OC(=O)CCCCCCCCCCCCCCCCCCC(C)C. The van der Waals surface area contributed by atoms with E-state index in [2.05, 4.69) is 55.4 Å². The highest BCUT2D eigenvalue weighted by Crippen LogP contribution is 2.45. The predicted molar refractivity (Wildman–Crippen MR) is 381 cm³/mol. The summed E-state index contributed by atoms with van der Waals surface area (Å²) in [4.78, 5) is 72.8. The van der Waals surface area contributed by atoms with Crippen LogP contribution in [0.25, 0.3) is 0 Å². The molecule has 0 rings (SSSR count). The van der Waals surface area contributed by atoms with E-state index in [4.69, 9.17) is 37.0 Å². The van der Waals surface area contributed by atoms with Crippen LogP contribution in [-0.2, 0) is 65.4 Å². The second-order valence-electron chi connectivity index (χ2n) is 28.7. The number of phosphoric ester groups is 2. The lowest BCUT2D eigenvalue weighted by atomic mass is 9.99. The summed E-state index contributed by atoms with van der Waals surface area (Å²) in [6, 6.07) is 0. The molecule has 0 fully saturated rings. The number of carbonyl (C=O) groups excluding carboxylic acids is 4. The van der Waals surface area contributed by atoms with E-state index in [1.165, 1.54) is 180 Å². The van der Waals surface area contributed by atoms with E-state index in [1.54, 1.807) is 0 Å². The van der Waals surface area contributed by atoms with Crippen LogP contribution >= 0.6 is 15.6 Å². The van der Waals surface area contributed by atoms with E-state index in [-0.39, 0.29) is 25.7 Å². The van der Waals surface area contributed by atoms with Crippen LogP contribution in [0.5, 0.6) is 0 Å². The second kappa shape index (κ2) is 64.4. The Hall–Kier alpha value is -1.94. The number of esters is 4. The zero-order valence-corrected chi connectivity index (χ0v) is 63.4. The molecule has 4 unspecified atom stereocenters. The molecule has 17 nitrogen and oxygen atoms in total. The van der Waals surface area contributed by atoms with Crippen LogP contribution in [0.2, 0.25) is 0 Å². The maximum absolute atomic E-state index is 13.1. The first-order valence-electron chi connectivity index (χ1n) is 38.7. The third-order valence-corrected chi connectivity index (χ3v) is 19.6. The zero-order chi connectivity index (χ0) is 69.6. The van der Waals surface area contributed by atoms with Crippen molar-refractivity contribution in [2.75, 3.05) is 39.6 Å². The minimum Gasteiger partial charge on any atom is -0.462 e. The Bertz CT molecular complexity index is 1850. The number of phosphoric acid groups is 2. The van der Waals surface area contributed by atoms with Gasteiger partial charge in [-0.25, -0.2) is 9.13 Å². The van der Waals surface area contributed by atoms with Crippen molar-refractivity contribution in [3.63, 3.8) is 0 Å². The smallest absolute Gasteiger partial charge is 0.462 e. The van der Waals surface area contributed by atoms with Crippen LogP contribution in [0.4, 0.5) is 0 Å². The standard InChI is InChI=1S/C75H146O17P2/c1-9-68(8)54-46-38-30-24-26-32-40-48-56-73(78)86-62-70(91-74(79)57-49-41-33-21-17-15-13-11-10-12-14-16-19-27-35-43-51-65(2)3)63-89-93(81,82)87-59-69(76)60-88-94(83,84)90-64-71(61-85-72(77)55-47-39-31-25-23-29-37-45-53-67(6)7)92-75(80)58-50-42-34-22-18-20-28-36-44-52-66(4)5/h65-71,76H,9-64H2,1-8H3,(H,81,82)(H,83,84)/t68?,69?,70-,71-/m1/s1. The molecule has 3 N–H and O–H groups in total. The van der Waals surface area contributed by atoms with Crippen molar-refractivity contribution in [1.82, 2.24) is 0 Å². The van der Waals surface area contributed by atoms with Crippen LogP contribution in [0.15, 0.2) is 0 Å². The molecule has 0 aromatic carbocycles. The number of rotatable bonds is 72. The molecule has 0 saturated heterocycles. The summed E-state index contributed by atoms with van der Waals surface area (Å²) < 4.78 is 68.5. The van der Waals surface area contributed by atoms with Gasteiger partial charge in [-0.05, 0) is 49.4 Å². The highest BCUT2D eigenvalue weighted by atomic mass is 31.2. The van der Waals surface area contributed by atoms with Gasteiger partial charge in [0.2, 0.25) is 0 Å². The van der Waals surface area contributed by atoms with E-state index >= 15 is 0 Å². The van der Waals surface area contributed by atoms with E-state index in [1.807, 2.05) is 0 Å². The Morgan fingerprint density at radius 1 is 0.298 bits per heavy atom. The van der Waals surface area contributed by atoms with Crippen molar-refractivity contribution in [3.8, 4) is 0 Å². The molecular weight excluding hydrogens is 1230 g/mol. The summed E-state index contributed by atoms with van der Waals surface area (Å²) in [6.07, 6.45) is 48.6. The van der Waals surface area contributed by atoms with Gasteiger partial charge in [-0.3, -0.25) is 37.3 Å². The molecule has 94 heavy (non-hydrogen) atoms. The second-order valence-corrected chi connectivity index (χ2v) is 31.6. The molecule has 0 amide bonds. The predicted octanol–water partition coefficient (Wildman–Crippen LogP) is 21.7. The van der Waals surface area contributed by atoms with Crippen LogP contribution in [0.1, 0.15) is 376 Å². The van der Waals surface area contributed by atoms with Crippen molar-refractivity contribution < 1.29 is 80.2 Å². The quantitative estimate of drug-likeness (QED) is 0.0222. The molecule has 0 heterocycles. The van der Waals surface area contributed by atoms with Crippen LogP contribution in [-0.4, -0.2) is 96.7 Å². The Morgan fingerprint density at radius 3 is 0.755 bits per heavy atom. The number of hydrogen-bond acceptors (Lipinski definition) is 15. The molecule has 0 aromatic heterocycles. The molecule has 0 aliphatic heterocycles. The third kappa shape index (κ3) is 67.3. The topological polar surface area (TPSA) is 237 Å².